The molecule has 1 saturated heterocycles. The Morgan fingerprint density at radius 3 is 2.37 bits per heavy atom. The topological polar surface area (TPSA) is 133 Å². The SMILES string of the molecule is C[C@@H](O)[C@H](NC(=O)N1CCC(C)(C(N)=O)C1)C(=O)O. The van der Waals surface area contributed by atoms with E-state index in [4.69, 9.17) is 10.8 Å². The summed E-state index contributed by atoms with van der Waals surface area (Å²) in [5, 5.41) is 20.4. The molecule has 1 aliphatic heterocycles. The number of carboxylic acids is 1. The summed E-state index contributed by atoms with van der Waals surface area (Å²) in [5.74, 6) is -1.81. The van der Waals surface area contributed by atoms with Gasteiger partial charge in [0.2, 0.25) is 5.91 Å². The highest BCUT2D eigenvalue weighted by atomic mass is 16.4. The van der Waals surface area contributed by atoms with Crippen molar-refractivity contribution in [2.45, 2.75) is 32.4 Å². The van der Waals surface area contributed by atoms with Crippen molar-refractivity contribution in [3.63, 3.8) is 0 Å². The molecule has 1 aliphatic rings. The van der Waals surface area contributed by atoms with Crippen LogP contribution in [0, 0.1) is 5.41 Å². The van der Waals surface area contributed by atoms with Gasteiger partial charge in [-0.2, -0.15) is 0 Å². The van der Waals surface area contributed by atoms with Gasteiger partial charge < -0.3 is 26.2 Å². The Morgan fingerprint density at radius 2 is 2.00 bits per heavy atom. The Balaban J connectivity index is 2.66. The molecule has 1 rings (SSSR count). The van der Waals surface area contributed by atoms with Crippen LogP contribution in [0.2, 0.25) is 0 Å². The number of primary amides is 1. The smallest absolute Gasteiger partial charge is 0.328 e. The van der Waals surface area contributed by atoms with Crippen LogP contribution in [0.5, 0.6) is 0 Å². The molecule has 19 heavy (non-hydrogen) atoms. The Bertz CT molecular complexity index is 398. The molecule has 1 unspecified atom stereocenters. The molecule has 8 nitrogen and oxygen atoms in total. The highest BCUT2D eigenvalue weighted by Gasteiger charge is 2.41. The fourth-order valence-electron chi connectivity index (χ4n) is 1.95. The summed E-state index contributed by atoms with van der Waals surface area (Å²) in [7, 11) is 0. The molecule has 3 amide bonds. The number of hydrogen-bond acceptors (Lipinski definition) is 4. The van der Waals surface area contributed by atoms with Gasteiger partial charge in [-0.05, 0) is 20.3 Å². The summed E-state index contributed by atoms with van der Waals surface area (Å²) in [6.07, 6.45) is -0.783. The zero-order valence-electron chi connectivity index (χ0n) is 10.9. The first-order chi connectivity index (χ1) is 8.67. The summed E-state index contributed by atoms with van der Waals surface area (Å²) in [6.45, 7) is 3.39. The second-order valence-corrected chi connectivity index (χ2v) is 5.10. The number of aliphatic hydroxyl groups excluding tert-OH is 1. The molecule has 0 aromatic rings. The van der Waals surface area contributed by atoms with E-state index in [1.54, 1.807) is 6.92 Å². The maximum absolute atomic E-state index is 11.9. The predicted molar refractivity (Wildman–Crippen MR) is 65.1 cm³/mol. The summed E-state index contributed by atoms with van der Waals surface area (Å²) >= 11 is 0. The van der Waals surface area contributed by atoms with Crippen molar-refractivity contribution in [3.8, 4) is 0 Å². The maximum atomic E-state index is 11.9. The number of carboxylic acid groups (broad SMARTS) is 1. The van der Waals surface area contributed by atoms with Crippen LogP contribution < -0.4 is 11.1 Å². The van der Waals surface area contributed by atoms with Gasteiger partial charge in [0, 0.05) is 13.1 Å². The van der Waals surface area contributed by atoms with Crippen LogP contribution in [0.4, 0.5) is 4.79 Å². The molecule has 0 aromatic heterocycles. The summed E-state index contributed by atoms with van der Waals surface area (Å²) in [6, 6.07) is -2.01. The first-order valence-corrected chi connectivity index (χ1v) is 5.93. The van der Waals surface area contributed by atoms with Gasteiger partial charge in [-0.1, -0.05) is 0 Å². The van der Waals surface area contributed by atoms with Crippen molar-refractivity contribution in [2.75, 3.05) is 13.1 Å². The second-order valence-electron chi connectivity index (χ2n) is 5.10. The average molecular weight is 273 g/mol. The van der Waals surface area contributed by atoms with Crippen molar-refractivity contribution in [1.29, 1.82) is 0 Å². The zero-order chi connectivity index (χ0) is 14.8. The molecule has 8 heteroatoms. The molecule has 1 heterocycles. The number of carbonyl (C=O) groups excluding carboxylic acids is 2. The number of hydrogen-bond donors (Lipinski definition) is 4. The van der Waals surface area contributed by atoms with E-state index in [9.17, 15) is 19.5 Å². The first kappa shape index (κ1) is 15.2. The highest BCUT2D eigenvalue weighted by Crippen LogP contribution is 2.29. The molecule has 0 bridgehead atoms. The van der Waals surface area contributed by atoms with Crippen molar-refractivity contribution in [1.82, 2.24) is 10.2 Å². The van der Waals surface area contributed by atoms with Crippen LogP contribution in [0.1, 0.15) is 20.3 Å². The minimum Gasteiger partial charge on any atom is -0.480 e. The molecule has 1 fully saturated rings. The monoisotopic (exact) mass is 273 g/mol. The van der Waals surface area contributed by atoms with Gasteiger partial charge in [0.25, 0.3) is 0 Å². The summed E-state index contributed by atoms with van der Waals surface area (Å²) in [5.41, 5.74) is 4.47. The summed E-state index contributed by atoms with van der Waals surface area (Å²) < 4.78 is 0. The second kappa shape index (κ2) is 5.43. The van der Waals surface area contributed by atoms with Crippen molar-refractivity contribution < 1.29 is 24.6 Å². The van der Waals surface area contributed by atoms with E-state index in [0.29, 0.717) is 13.0 Å². The van der Waals surface area contributed by atoms with Crippen LogP contribution >= 0.6 is 0 Å². The van der Waals surface area contributed by atoms with Gasteiger partial charge in [0.05, 0.1) is 11.5 Å². The summed E-state index contributed by atoms with van der Waals surface area (Å²) in [4.78, 5) is 35.3. The van der Waals surface area contributed by atoms with Crippen LogP contribution in [0.25, 0.3) is 0 Å². The van der Waals surface area contributed by atoms with Gasteiger partial charge in [-0.15, -0.1) is 0 Å². The van der Waals surface area contributed by atoms with E-state index in [1.165, 1.54) is 11.8 Å². The lowest BCUT2D eigenvalue weighted by Crippen LogP contribution is -2.52. The molecule has 0 aromatic carbocycles. The fraction of sp³-hybridized carbons (Fsp3) is 0.727. The van der Waals surface area contributed by atoms with Gasteiger partial charge in [-0.3, -0.25) is 4.79 Å². The first-order valence-electron chi connectivity index (χ1n) is 5.93. The third-order valence-corrected chi connectivity index (χ3v) is 3.38. The van der Waals surface area contributed by atoms with E-state index in [-0.39, 0.29) is 6.54 Å². The van der Waals surface area contributed by atoms with Gasteiger partial charge in [0.1, 0.15) is 0 Å². The van der Waals surface area contributed by atoms with Crippen LogP contribution in [0.3, 0.4) is 0 Å². The molecule has 0 spiro atoms. The Labute approximate surface area is 110 Å². The number of rotatable bonds is 4. The number of likely N-dealkylation sites (tertiary alicyclic amines) is 1. The van der Waals surface area contributed by atoms with E-state index < -0.39 is 35.5 Å². The van der Waals surface area contributed by atoms with Crippen LogP contribution in [0.15, 0.2) is 0 Å². The van der Waals surface area contributed by atoms with Gasteiger partial charge in [0.15, 0.2) is 6.04 Å². The minimum atomic E-state index is -1.38. The Morgan fingerprint density at radius 1 is 1.42 bits per heavy atom. The number of nitrogens with one attached hydrogen (secondary N) is 1. The number of urea groups is 1. The quantitative estimate of drug-likeness (QED) is 0.506. The van der Waals surface area contributed by atoms with E-state index in [2.05, 4.69) is 5.32 Å². The molecular formula is C11H19N3O5. The molecule has 0 saturated carbocycles. The highest BCUT2D eigenvalue weighted by molar-refractivity contribution is 5.85. The number of amides is 3. The van der Waals surface area contributed by atoms with Gasteiger partial charge in [-0.25, -0.2) is 9.59 Å². The van der Waals surface area contributed by atoms with Crippen molar-refractivity contribution >= 4 is 17.9 Å². The lowest BCUT2D eigenvalue weighted by atomic mass is 9.89. The molecule has 108 valence electrons. The van der Waals surface area contributed by atoms with E-state index in [1.807, 2.05) is 0 Å². The van der Waals surface area contributed by atoms with E-state index in [0.717, 1.165) is 0 Å². The Kier molecular flexibility index (Phi) is 4.35. The largest absolute Gasteiger partial charge is 0.480 e. The molecule has 0 aliphatic carbocycles. The van der Waals surface area contributed by atoms with Gasteiger partial charge >= 0.3 is 12.0 Å². The minimum absolute atomic E-state index is 0.139. The maximum Gasteiger partial charge on any atom is 0.328 e. The molecule has 0 radical (unpaired) electrons. The Hall–Kier alpha value is -1.83. The van der Waals surface area contributed by atoms with Crippen molar-refractivity contribution in [3.05, 3.63) is 0 Å². The average Bonchev–Trinajstić information content (AvgIpc) is 2.69. The fourth-order valence-corrected chi connectivity index (χ4v) is 1.95. The molecular weight excluding hydrogens is 254 g/mol. The van der Waals surface area contributed by atoms with Crippen LogP contribution in [-0.4, -0.2) is 58.3 Å². The normalized spacial score (nSPS) is 25.7. The van der Waals surface area contributed by atoms with Crippen molar-refractivity contribution in [2.24, 2.45) is 11.1 Å². The number of nitrogens with zero attached hydrogens (tertiary/aromatic N) is 1. The number of aliphatic hydroxyl groups is 1. The third kappa shape index (κ3) is 3.34. The number of aliphatic carboxylic acids is 1. The standard InChI is InChI=1S/C11H19N3O5/c1-6(15)7(8(16)17)13-10(19)14-4-3-11(2,5-14)9(12)18/h6-7,15H,3-5H2,1-2H3,(H2,12,18)(H,13,19)(H,16,17)/t6-,7+,11?/m1/s1. The lowest BCUT2D eigenvalue weighted by Gasteiger charge is -2.24. The predicted octanol–water partition coefficient (Wildman–Crippen LogP) is -1.27. The van der Waals surface area contributed by atoms with E-state index >= 15 is 0 Å². The zero-order valence-corrected chi connectivity index (χ0v) is 10.9. The molecule has 5 N–H and O–H groups in total. The number of carbonyl (C=O) groups is 3. The van der Waals surface area contributed by atoms with Crippen LogP contribution in [-0.2, 0) is 9.59 Å². The third-order valence-electron chi connectivity index (χ3n) is 3.38. The number of nitrogens with two attached hydrogens (primary N) is 1. The molecule has 3 atom stereocenters. The lowest BCUT2D eigenvalue weighted by molar-refractivity contribution is -0.141.